The molecule has 2 aromatic carbocycles. The first-order valence-corrected chi connectivity index (χ1v) is 17.1. The molecule has 0 saturated carbocycles. The molecule has 1 unspecified atom stereocenters. The molecule has 4 heterocycles. The lowest BCUT2D eigenvalue weighted by molar-refractivity contribution is -0.371. The second kappa shape index (κ2) is 12.8. The van der Waals surface area contributed by atoms with Gasteiger partial charge in [0.2, 0.25) is 12.1 Å². The quantitative estimate of drug-likeness (QED) is 0.119. The lowest BCUT2D eigenvalue weighted by Crippen LogP contribution is -2.70. The van der Waals surface area contributed by atoms with Crippen molar-refractivity contribution in [2.75, 3.05) is 20.7 Å². The van der Waals surface area contributed by atoms with Crippen LogP contribution >= 0.6 is 0 Å². The average molecular weight is 785 g/mol. The molecule has 3 aromatic rings. The van der Waals surface area contributed by atoms with Crippen LogP contribution in [0.2, 0.25) is 0 Å². The smallest absolute Gasteiger partial charge is 0.490 e. The molecule has 10 atom stereocenters. The number of carbonyl (C=O) groups excluding carboxylic acids is 1. The molecule has 1 aromatic heterocycles. The molecule has 5 aliphatic rings. The first-order valence-electron chi connectivity index (χ1n) is 17.1. The number of phenols is 1. The number of hydrogen-bond acceptors (Lipinski definition) is 13. The number of likely N-dealkylation sites (tertiary alicyclic amines) is 1. The number of likely N-dealkylation sites (N-methyl/N-ethyl adjacent to an activating group) is 1. The third-order valence-corrected chi connectivity index (χ3v) is 11.2. The molecule has 0 radical (unpaired) electrons. The van der Waals surface area contributed by atoms with Crippen molar-refractivity contribution < 1.29 is 75.2 Å². The summed E-state index contributed by atoms with van der Waals surface area (Å²) in [5.74, 6) is -6.74. The van der Waals surface area contributed by atoms with E-state index in [-0.39, 0.29) is 34.8 Å². The van der Waals surface area contributed by atoms with Crippen LogP contribution in [0.5, 0.6) is 17.2 Å². The molecule has 2 saturated heterocycles. The Kier molecular flexibility index (Phi) is 8.70. The van der Waals surface area contributed by atoms with E-state index in [4.69, 9.17) is 18.9 Å². The number of nitrogens with zero attached hydrogens (tertiary/aromatic N) is 4. The molecule has 14 nitrogen and oxygen atoms in total. The van der Waals surface area contributed by atoms with Gasteiger partial charge in [-0.15, -0.1) is 10.2 Å². The van der Waals surface area contributed by atoms with Gasteiger partial charge in [-0.3, -0.25) is 4.57 Å². The molecule has 296 valence electrons. The van der Waals surface area contributed by atoms with Crippen molar-refractivity contribution in [3.8, 4) is 28.6 Å². The molecule has 1 spiro atoms. The number of ether oxygens (including phenoxy) is 5. The number of aromatic nitrogens is 3. The average Bonchev–Trinajstić information content (AvgIpc) is 3.70. The predicted octanol–water partition coefficient (Wildman–Crippen LogP) is 2.67. The molecule has 2 fully saturated rings. The van der Waals surface area contributed by atoms with Crippen LogP contribution in [-0.4, -0.2) is 122 Å². The molecular formula is C35H34F6N4O10. The lowest BCUT2D eigenvalue weighted by atomic mass is 9.52. The van der Waals surface area contributed by atoms with Crippen LogP contribution in [0.15, 0.2) is 48.6 Å². The number of alkyl halides is 6. The number of hydrogen-bond donors (Lipinski definition) is 4. The summed E-state index contributed by atoms with van der Waals surface area (Å²) in [6, 6.07) is 8.70. The number of carbonyl (C=O) groups is 1. The number of aliphatic hydroxyl groups is 3. The van der Waals surface area contributed by atoms with E-state index in [1.54, 1.807) is 12.1 Å². The van der Waals surface area contributed by atoms with Crippen LogP contribution in [-0.2, 0) is 37.4 Å². The Morgan fingerprint density at radius 1 is 1.05 bits per heavy atom. The first-order chi connectivity index (χ1) is 25.9. The number of piperidine rings is 1. The van der Waals surface area contributed by atoms with E-state index in [0.717, 1.165) is 5.56 Å². The van der Waals surface area contributed by atoms with Crippen LogP contribution in [0.1, 0.15) is 29.5 Å². The van der Waals surface area contributed by atoms with E-state index in [0.29, 0.717) is 35.3 Å². The van der Waals surface area contributed by atoms with Crippen molar-refractivity contribution in [2.45, 2.75) is 85.8 Å². The van der Waals surface area contributed by atoms with Crippen LogP contribution in [0.4, 0.5) is 26.3 Å². The van der Waals surface area contributed by atoms with Crippen molar-refractivity contribution in [2.24, 2.45) is 5.92 Å². The number of methoxy groups -OCH3 is 1. The second-order valence-electron chi connectivity index (χ2n) is 14.3. The molecular weight excluding hydrogens is 750 g/mol. The van der Waals surface area contributed by atoms with Crippen molar-refractivity contribution in [3.63, 3.8) is 0 Å². The zero-order chi connectivity index (χ0) is 39.4. The number of aliphatic hydroxyl groups excluding tert-OH is 2. The molecule has 2 bridgehead atoms. The van der Waals surface area contributed by atoms with Crippen LogP contribution < -0.4 is 9.47 Å². The summed E-state index contributed by atoms with van der Waals surface area (Å²) in [7, 11) is 3.31. The first kappa shape index (κ1) is 37.5. The highest BCUT2D eigenvalue weighted by Crippen LogP contribution is 2.64. The molecule has 55 heavy (non-hydrogen) atoms. The van der Waals surface area contributed by atoms with Gasteiger partial charge in [0.05, 0.1) is 12.5 Å². The van der Waals surface area contributed by atoms with Gasteiger partial charge >= 0.3 is 18.3 Å². The third-order valence-electron chi connectivity index (χ3n) is 11.2. The van der Waals surface area contributed by atoms with Crippen molar-refractivity contribution >= 4 is 5.97 Å². The van der Waals surface area contributed by atoms with Gasteiger partial charge in [-0.1, -0.05) is 12.1 Å². The minimum absolute atomic E-state index is 0.0606. The van der Waals surface area contributed by atoms with Crippen molar-refractivity contribution in [3.05, 3.63) is 65.5 Å². The molecule has 20 heteroatoms. The zero-order valence-electron chi connectivity index (χ0n) is 28.9. The minimum Gasteiger partial charge on any atom is -0.504 e. The van der Waals surface area contributed by atoms with E-state index in [2.05, 4.69) is 19.8 Å². The van der Waals surface area contributed by atoms with Crippen molar-refractivity contribution in [1.82, 2.24) is 19.7 Å². The Bertz CT molecular complexity index is 2030. The summed E-state index contributed by atoms with van der Waals surface area (Å²) in [6.07, 6.45) is -20.2. The fourth-order valence-electron chi connectivity index (χ4n) is 8.83. The van der Waals surface area contributed by atoms with Gasteiger partial charge < -0.3 is 49.0 Å². The summed E-state index contributed by atoms with van der Waals surface area (Å²) >= 11 is 0. The number of rotatable bonds is 7. The maximum atomic E-state index is 14.1. The summed E-state index contributed by atoms with van der Waals surface area (Å²) in [6.45, 7) is -1.24. The molecule has 4 N–H and O–H groups in total. The van der Waals surface area contributed by atoms with E-state index >= 15 is 0 Å². The van der Waals surface area contributed by atoms with Crippen LogP contribution in [0, 0.1) is 5.92 Å². The summed E-state index contributed by atoms with van der Waals surface area (Å²) < 4.78 is 111. The fourth-order valence-corrected chi connectivity index (χ4v) is 8.83. The van der Waals surface area contributed by atoms with Crippen LogP contribution in [0.3, 0.4) is 0 Å². The van der Waals surface area contributed by atoms with Gasteiger partial charge in [-0.25, -0.2) is 4.79 Å². The zero-order valence-corrected chi connectivity index (χ0v) is 28.9. The second-order valence-corrected chi connectivity index (χ2v) is 14.3. The van der Waals surface area contributed by atoms with E-state index in [9.17, 15) is 51.6 Å². The summed E-state index contributed by atoms with van der Waals surface area (Å²) in [5.41, 5.74) is 0.482. The maximum absolute atomic E-state index is 14.1. The van der Waals surface area contributed by atoms with E-state index in [1.165, 1.54) is 43.5 Å². The van der Waals surface area contributed by atoms with Gasteiger partial charge in [0, 0.05) is 23.1 Å². The Morgan fingerprint density at radius 2 is 1.78 bits per heavy atom. The number of halogens is 6. The summed E-state index contributed by atoms with van der Waals surface area (Å²) in [5, 5.41) is 53.5. The molecule has 3 aliphatic heterocycles. The van der Waals surface area contributed by atoms with Gasteiger partial charge in [-0.05, 0) is 68.4 Å². The van der Waals surface area contributed by atoms with Gasteiger partial charge in [-0.2, -0.15) is 26.3 Å². The monoisotopic (exact) mass is 784 g/mol. The van der Waals surface area contributed by atoms with Gasteiger partial charge in [0.25, 0.3) is 0 Å². The van der Waals surface area contributed by atoms with E-state index < -0.39 is 78.7 Å². The topological polar surface area (TPSA) is 178 Å². The molecule has 2 aliphatic carbocycles. The maximum Gasteiger partial charge on any atom is 0.490 e. The largest absolute Gasteiger partial charge is 0.504 e. The molecule has 0 amide bonds. The predicted molar refractivity (Wildman–Crippen MR) is 171 cm³/mol. The highest BCUT2D eigenvalue weighted by molar-refractivity contribution is 5.76. The van der Waals surface area contributed by atoms with Crippen molar-refractivity contribution in [1.29, 1.82) is 0 Å². The minimum atomic E-state index is -5.62. The van der Waals surface area contributed by atoms with Gasteiger partial charge in [0.15, 0.2) is 35.4 Å². The Hall–Kier alpha value is -4.47. The fraction of sp³-hybridized carbons (Fsp3) is 0.514. The standard InChI is InChI=1S/C35H34F6N4O10/c1-44-12-11-32-18-9-10-33(50,30(32)53-24-20(46)8-5-16(21(24)32)13-19(18)44)55-29-26(54-31(49)35(39,40)41)23(48)22(47)25(52-29)28-43-42-27(45(28)14-34(36,37)38)15-3-6-17(51-2)7-4-15/h3-10,18-19,22-23,25-26,29-30,46-48,50H,11-14H2,1-2H3/t18-,19+,22-,23-,25?,26+,29-,30+,32-,33-/m0/s1. The van der Waals surface area contributed by atoms with Gasteiger partial charge in [0.1, 0.15) is 30.6 Å². The van der Waals surface area contributed by atoms with E-state index in [1.807, 2.05) is 7.05 Å². The highest BCUT2D eigenvalue weighted by Gasteiger charge is 2.69. The number of aromatic hydroxyl groups is 1. The highest BCUT2D eigenvalue weighted by atomic mass is 19.4. The SMILES string of the molecule is COc1ccc(-c2nnc(C3O[C@@H](O[C@@]4(O)C=C[C@H]5[C@H]6Cc7ccc(O)c8c7[C@@]5(CCN6C)[C@H]4O8)[C@H](OC(=O)C(F)(F)F)[C@@H](O)[C@@H]3O)n2CC(F)(F)F)cc1. The number of phenolic OH excluding ortho intramolecular Hbond substituents is 1. The molecule has 8 rings (SSSR count). The number of benzene rings is 2. The Balaban J connectivity index is 1.21. The normalized spacial score (nSPS) is 33.9. The Morgan fingerprint density at radius 3 is 2.45 bits per heavy atom. The van der Waals surface area contributed by atoms with Crippen LogP contribution in [0.25, 0.3) is 11.4 Å². The number of esters is 1. The summed E-state index contributed by atoms with van der Waals surface area (Å²) in [4.78, 5) is 14.3. The Labute approximate surface area is 307 Å². The lowest BCUT2D eigenvalue weighted by Gasteiger charge is -2.58. The third kappa shape index (κ3) is 5.92.